The quantitative estimate of drug-likeness (QED) is 0.491. The zero-order chi connectivity index (χ0) is 22.5. The zero-order valence-corrected chi connectivity index (χ0v) is 19.8. The molecule has 0 unspecified atom stereocenters. The van der Waals surface area contributed by atoms with Crippen molar-refractivity contribution in [3.63, 3.8) is 0 Å². The first kappa shape index (κ1) is 22.9. The van der Waals surface area contributed by atoms with Gasteiger partial charge in [-0.25, -0.2) is 0 Å². The number of hydrogen-bond acceptors (Lipinski definition) is 5. The van der Waals surface area contributed by atoms with Crippen LogP contribution >= 0.6 is 11.8 Å². The molecule has 6 nitrogen and oxygen atoms in total. The summed E-state index contributed by atoms with van der Waals surface area (Å²) in [7, 11) is 1.89. The first-order valence-corrected chi connectivity index (χ1v) is 11.3. The van der Waals surface area contributed by atoms with Crippen LogP contribution in [0, 0.1) is 20.8 Å². The van der Waals surface area contributed by atoms with E-state index >= 15 is 0 Å². The number of nitrogens with one attached hydrogen (secondary N) is 1. The number of nitrogens with zero attached hydrogens (tertiary/aromatic N) is 3. The van der Waals surface area contributed by atoms with Gasteiger partial charge < -0.3 is 14.6 Å². The molecule has 7 heteroatoms. The topological polar surface area (TPSA) is 69.0 Å². The number of para-hydroxylation sites is 1. The molecule has 31 heavy (non-hydrogen) atoms. The van der Waals surface area contributed by atoms with Gasteiger partial charge in [0.2, 0.25) is 5.91 Å². The SMILES string of the molecule is Cc1ccc(C(C)C)c(OCc2nnc(SCC(=O)Nc3c(C)cccc3C)n2C)c1. The maximum Gasteiger partial charge on any atom is 0.234 e. The molecule has 3 rings (SSSR count). The van der Waals surface area contributed by atoms with Crippen molar-refractivity contribution < 1.29 is 9.53 Å². The lowest BCUT2D eigenvalue weighted by molar-refractivity contribution is -0.113. The molecule has 2 aromatic carbocycles. The van der Waals surface area contributed by atoms with Crippen LogP contribution in [-0.4, -0.2) is 26.4 Å². The zero-order valence-electron chi connectivity index (χ0n) is 19.0. The van der Waals surface area contributed by atoms with E-state index in [1.54, 1.807) is 0 Å². The van der Waals surface area contributed by atoms with E-state index < -0.39 is 0 Å². The van der Waals surface area contributed by atoms with Crippen molar-refractivity contribution in [2.24, 2.45) is 7.05 Å². The molecule has 0 aliphatic heterocycles. The first-order chi connectivity index (χ1) is 14.8. The van der Waals surface area contributed by atoms with Gasteiger partial charge in [0, 0.05) is 12.7 Å². The Hall–Kier alpha value is -2.80. The molecule has 0 aliphatic rings. The summed E-state index contributed by atoms with van der Waals surface area (Å²) < 4.78 is 7.96. The van der Waals surface area contributed by atoms with Crippen LogP contribution in [0.4, 0.5) is 5.69 Å². The number of rotatable bonds is 8. The third-order valence-electron chi connectivity index (χ3n) is 5.15. The molecule has 1 aromatic heterocycles. The van der Waals surface area contributed by atoms with E-state index in [4.69, 9.17) is 4.74 Å². The van der Waals surface area contributed by atoms with Crippen LogP contribution in [0.5, 0.6) is 5.75 Å². The molecule has 0 aliphatic carbocycles. The van der Waals surface area contributed by atoms with Gasteiger partial charge in [0.1, 0.15) is 12.4 Å². The Morgan fingerprint density at radius 2 is 1.84 bits per heavy atom. The van der Waals surface area contributed by atoms with Gasteiger partial charge in [-0.1, -0.05) is 55.9 Å². The molecular formula is C24H30N4O2S. The largest absolute Gasteiger partial charge is 0.485 e. The average molecular weight is 439 g/mol. The highest BCUT2D eigenvalue weighted by molar-refractivity contribution is 7.99. The van der Waals surface area contributed by atoms with Crippen molar-refractivity contribution in [1.29, 1.82) is 0 Å². The van der Waals surface area contributed by atoms with E-state index in [2.05, 4.69) is 54.5 Å². The summed E-state index contributed by atoms with van der Waals surface area (Å²) in [6, 6.07) is 12.2. The van der Waals surface area contributed by atoms with Crippen LogP contribution in [-0.2, 0) is 18.4 Å². The third kappa shape index (κ3) is 5.67. The number of aromatic nitrogens is 3. The van der Waals surface area contributed by atoms with Gasteiger partial charge in [-0.3, -0.25) is 4.79 Å². The number of amides is 1. The fourth-order valence-corrected chi connectivity index (χ4v) is 4.03. The third-order valence-corrected chi connectivity index (χ3v) is 6.17. The molecule has 0 saturated carbocycles. The van der Waals surface area contributed by atoms with Gasteiger partial charge in [-0.15, -0.1) is 10.2 Å². The predicted octanol–water partition coefficient (Wildman–Crippen LogP) is 5.17. The lowest BCUT2D eigenvalue weighted by atomic mass is 10.0. The maximum atomic E-state index is 12.4. The number of benzene rings is 2. The van der Waals surface area contributed by atoms with Gasteiger partial charge in [-0.05, 0) is 55.0 Å². The highest BCUT2D eigenvalue weighted by Crippen LogP contribution is 2.28. The lowest BCUT2D eigenvalue weighted by Crippen LogP contribution is -2.16. The molecule has 1 heterocycles. The molecule has 164 valence electrons. The van der Waals surface area contributed by atoms with Gasteiger partial charge in [0.05, 0.1) is 5.75 Å². The second kappa shape index (κ2) is 10.0. The molecule has 0 fully saturated rings. The normalized spacial score (nSPS) is 11.1. The standard InChI is InChI=1S/C24H30N4O2S/c1-15(2)19-11-10-16(3)12-20(19)30-13-21-26-27-24(28(21)6)31-14-22(29)25-23-17(4)8-7-9-18(23)5/h7-12,15H,13-14H2,1-6H3,(H,25,29). The van der Waals surface area contributed by atoms with Crippen LogP contribution in [0.15, 0.2) is 41.6 Å². The Morgan fingerprint density at radius 3 is 2.52 bits per heavy atom. The van der Waals surface area contributed by atoms with E-state index in [1.807, 2.05) is 43.7 Å². The molecule has 0 saturated heterocycles. The van der Waals surface area contributed by atoms with Crippen molar-refractivity contribution in [3.8, 4) is 5.75 Å². The van der Waals surface area contributed by atoms with Crippen molar-refractivity contribution in [1.82, 2.24) is 14.8 Å². The molecular weight excluding hydrogens is 408 g/mol. The lowest BCUT2D eigenvalue weighted by Gasteiger charge is -2.14. The fraction of sp³-hybridized carbons (Fsp3) is 0.375. The van der Waals surface area contributed by atoms with Gasteiger partial charge >= 0.3 is 0 Å². The number of carbonyl (C=O) groups is 1. The summed E-state index contributed by atoms with van der Waals surface area (Å²) in [5.41, 5.74) is 5.30. The van der Waals surface area contributed by atoms with Crippen LogP contribution in [0.25, 0.3) is 0 Å². The Bertz CT molecular complexity index is 1060. The van der Waals surface area contributed by atoms with E-state index in [1.165, 1.54) is 17.3 Å². The van der Waals surface area contributed by atoms with E-state index in [0.29, 0.717) is 23.5 Å². The highest BCUT2D eigenvalue weighted by atomic mass is 32.2. The van der Waals surface area contributed by atoms with Gasteiger partial charge in [0.15, 0.2) is 11.0 Å². The molecule has 1 N–H and O–H groups in total. The van der Waals surface area contributed by atoms with Crippen molar-refractivity contribution >= 4 is 23.4 Å². The number of thioether (sulfide) groups is 1. The van der Waals surface area contributed by atoms with Crippen molar-refractivity contribution in [3.05, 3.63) is 64.5 Å². The highest BCUT2D eigenvalue weighted by Gasteiger charge is 2.15. The van der Waals surface area contributed by atoms with Crippen LogP contribution < -0.4 is 10.1 Å². The van der Waals surface area contributed by atoms with Crippen molar-refractivity contribution in [2.75, 3.05) is 11.1 Å². The molecule has 0 atom stereocenters. The van der Waals surface area contributed by atoms with Gasteiger partial charge in [0.25, 0.3) is 0 Å². The number of aryl methyl sites for hydroxylation is 3. The van der Waals surface area contributed by atoms with Crippen LogP contribution in [0.1, 0.15) is 47.8 Å². The minimum Gasteiger partial charge on any atom is -0.485 e. The molecule has 1 amide bonds. The minimum atomic E-state index is -0.0652. The second-order valence-electron chi connectivity index (χ2n) is 8.05. The van der Waals surface area contributed by atoms with Crippen LogP contribution in [0.2, 0.25) is 0 Å². The van der Waals surface area contributed by atoms with Crippen molar-refractivity contribution in [2.45, 2.75) is 52.3 Å². The van der Waals surface area contributed by atoms with E-state index in [-0.39, 0.29) is 11.7 Å². The summed E-state index contributed by atoms with van der Waals surface area (Å²) in [6.45, 7) is 10.7. The maximum absolute atomic E-state index is 12.4. The average Bonchev–Trinajstić information content (AvgIpc) is 3.07. The van der Waals surface area contributed by atoms with Crippen LogP contribution in [0.3, 0.4) is 0 Å². The second-order valence-corrected chi connectivity index (χ2v) is 8.99. The number of hydrogen-bond donors (Lipinski definition) is 1. The number of ether oxygens (including phenoxy) is 1. The predicted molar refractivity (Wildman–Crippen MR) is 126 cm³/mol. The summed E-state index contributed by atoms with van der Waals surface area (Å²) in [5, 5.41) is 12.2. The summed E-state index contributed by atoms with van der Waals surface area (Å²) >= 11 is 1.36. The summed E-state index contributed by atoms with van der Waals surface area (Å²) in [5.74, 6) is 2.16. The number of anilines is 1. The minimum absolute atomic E-state index is 0.0652. The molecule has 3 aromatic rings. The molecule has 0 spiro atoms. The van der Waals surface area contributed by atoms with E-state index in [0.717, 1.165) is 28.1 Å². The Labute approximate surface area is 188 Å². The molecule has 0 bridgehead atoms. The Kier molecular flexibility index (Phi) is 7.38. The smallest absolute Gasteiger partial charge is 0.234 e. The fourth-order valence-electron chi connectivity index (χ4n) is 3.30. The summed E-state index contributed by atoms with van der Waals surface area (Å²) in [4.78, 5) is 12.4. The Balaban J connectivity index is 1.61. The Morgan fingerprint density at radius 1 is 1.13 bits per heavy atom. The molecule has 0 radical (unpaired) electrons. The van der Waals surface area contributed by atoms with E-state index in [9.17, 15) is 4.79 Å². The monoisotopic (exact) mass is 438 g/mol. The van der Waals surface area contributed by atoms with Gasteiger partial charge in [-0.2, -0.15) is 0 Å². The summed E-state index contributed by atoms with van der Waals surface area (Å²) in [6.07, 6.45) is 0. The first-order valence-electron chi connectivity index (χ1n) is 10.4. The number of carbonyl (C=O) groups excluding carboxylic acids is 1.